The molecule has 0 aromatic heterocycles. The van der Waals surface area contributed by atoms with Gasteiger partial charge in [0.15, 0.2) is 0 Å². The average Bonchev–Trinajstić information content (AvgIpc) is 2.83. The van der Waals surface area contributed by atoms with Gasteiger partial charge in [-0.3, -0.25) is 0 Å². The molecule has 182 valence electrons. The molecule has 0 N–H and O–H groups in total. The van der Waals surface area contributed by atoms with Crippen LogP contribution in [0, 0.1) is 0 Å². The van der Waals surface area contributed by atoms with Gasteiger partial charge in [-0.2, -0.15) is 0 Å². The standard InChI is InChI=1S/C29H32O5Si/c1-21(22-15-9-7-10-16-22)32-28(33-26(30)23-17-11-8-12-18-23)25-20-14-13-19-24(25)27(31)34-35(5,6)29(2,3)4/h7-20,28H,1H2,2-6H3. The van der Waals surface area contributed by atoms with E-state index in [-0.39, 0.29) is 10.6 Å². The van der Waals surface area contributed by atoms with Crippen LogP contribution >= 0.6 is 0 Å². The molecule has 0 bridgehead atoms. The molecule has 0 aliphatic carbocycles. The first kappa shape index (κ1) is 26.0. The van der Waals surface area contributed by atoms with Crippen LogP contribution in [0.1, 0.15) is 58.9 Å². The molecule has 0 spiro atoms. The smallest absolute Gasteiger partial charge is 0.341 e. The van der Waals surface area contributed by atoms with Crippen molar-refractivity contribution in [1.29, 1.82) is 0 Å². The monoisotopic (exact) mass is 488 g/mol. The van der Waals surface area contributed by atoms with Gasteiger partial charge < -0.3 is 13.9 Å². The molecule has 0 fully saturated rings. The summed E-state index contributed by atoms with van der Waals surface area (Å²) in [6.45, 7) is 14.2. The lowest BCUT2D eigenvalue weighted by molar-refractivity contribution is -0.0662. The SMILES string of the molecule is C=C(OC(OC(=O)c1ccccc1)c1ccccc1C(=O)O[Si](C)(C)C(C)(C)C)c1ccccc1. The zero-order chi connectivity index (χ0) is 25.6. The molecule has 0 aliphatic rings. The molecule has 0 saturated heterocycles. The minimum Gasteiger partial charge on any atom is -0.516 e. The van der Waals surface area contributed by atoms with E-state index in [0.29, 0.717) is 16.9 Å². The van der Waals surface area contributed by atoms with Gasteiger partial charge in [0.2, 0.25) is 0 Å². The normalized spacial score (nSPS) is 12.4. The Bertz CT molecular complexity index is 1130. The summed E-state index contributed by atoms with van der Waals surface area (Å²) in [5, 5.41) is -0.158. The van der Waals surface area contributed by atoms with Gasteiger partial charge in [-0.25, -0.2) is 9.59 Å². The summed E-state index contributed by atoms with van der Waals surface area (Å²) in [4.78, 5) is 26.3. The number of carbonyl (C=O) groups is 2. The van der Waals surface area contributed by atoms with Crippen LogP contribution in [0.4, 0.5) is 0 Å². The van der Waals surface area contributed by atoms with E-state index in [2.05, 4.69) is 27.4 Å². The summed E-state index contributed by atoms with van der Waals surface area (Å²) < 4.78 is 17.9. The Hall–Kier alpha value is -3.64. The molecule has 35 heavy (non-hydrogen) atoms. The summed E-state index contributed by atoms with van der Waals surface area (Å²) in [7, 11) is -2.39. The van der Waals surface area contributed by atoms with Crippen molar-refractivity contribution in [3.8, 4) is 0 Å². The van der Waals surface area contributed by atoms with E-state index in [9.17, 15) is 9.59 Å². The molecule has 0 aliphatic heterocycles. The van der Waals surface area contributed by atoms with E-state index in [1.54, 1.807) is 48.5 Å². The molecule has 1 unspecified atom stereocenters. The fraction of sp³-hybridized carbons (Fsp3) is 0.241. The second-order valence-electron chi connectivity index (χ2n) is 9.75. The molecule has 0 amide bonds. The third-order valence-electron chi connectivity index (χ3n) is 6.16. The van der Waals surface area contributed by atoms with Crippen LogP contribution in [-0.2, 0) is 13.9 Å². The molecule has 0 saturated carbocycles. The molecule has 1 atom stereocenters. The van der Waals surface area contributed by atoms with Gasteiger partial charge in [-0.05, 0) is 36.3 Å². The summed E-state index contributed by atoms with van der Waals surface area (Å²) in [6.07, 6.45) is -1.21. The number of esters is 1. The second kappa shape index (κ2) is 10.7. The molecule has 3 rings (SSSR count). The highest BCUT2D eigenvalue weighted by Gasteiger charge is 2.41. The second-order valence-corrected chi connectivity index (χ2v) is 14.5. The Balaban J connectivity index is 1.97. The van der Waals surface area contributed by atoms with Crippen molar-refractivity contribution in [2.75, 3.05) is 0 Å². The molecule has 3 aromatic carbocycles. The number of ether oxygens (including phenoxy) is 2. The van der Waals surface area contributed by atoms with Crippen LogP contribution in [0.2, 0.25) is 18.1 Å². The largest absolute Gasteiger partial charge is 0.516 e. The predicted octanol–water partition coefficient (Wildman–Crippen LogP) is 7.39. The fourth-order valence-electron chi connectivity index (χ4n) is 3.04. The lowest BCUT2D eigenvalue weighted by Gasteiger charge is -2.35. The Morgan fingerprint density at radius 3 is 1.83 bits per heavy atom. The Morgan fingerprint density at radius 1 is 0.743 bits per heavy atom. The number of carbonyl (C=O) groups excluding carboxylic acids is 2. The van der Waals surface area contributed by atoms with Crippen molar-refractivity contribution < 1.29 is 23.5 Å². The Morgan fingerprint density at radius 2 is 1.26 bits per heavy atom. The van der Waals surface area contributed by atoms with Crippen LogP contribution in [-0.4, -0.2) is 20.3 Å². The van der Waals surface area contributed by atoms with Crippen LogP contribution in [0.5, 0.6) is 0 Å². The summed E-state index contributed by atoms with van der Waals surface area (Å²) in [5.74, 6) is -0.741. The van der Waals surface area contributed by atoms with E-state index in [1.165, 1.54) is 0 Å². The van der Waals surface area contributed by atoms with E-state index < -0.39 is 26.5 Å². The third-order valence-corrected chi connectivity index (χ3v) is 10.5. The highest BCUT2D eigenvalue weighted by molar-refractivity contribution is 6.75. The van der Waals surface area contributed by atoms with E-state index >= 15 is 0 Å². The van der Waals surface area contributed by atoms with Crippen LogP contribution in [0.25, 0.3) is 5.76 Å². The first-order valence-corrected chi connectivity index (χ1v) is 14.4. The lowest BCUT2D eigenvalue weighted by atomic mass is 10.1. The maximum absolute atomic E-state index is 13.3. The topological polar surface area (TPSA) is 61.8 Å². The van der Waals surface area contributed by atoms with E-state index in [1.807, 2.05) is 49.5 Å². The zero-order valence-electron chi connectivity index (χ0n) is 20.9. The summed E-state index contributed by atoms with van der Waals surface area (Å²) >= 11 is 0. The number of rotatable bonds is 8. The number of benzene rings is 3. The van der Waals surface area contributed by atoms with Crippen molar-refractivity contribution in [3.05, 3.63) is 114 Å². The zero-order valence-corrected chi connectivity index (χ0v) is 21.9. The van der Waals surface area contributed by atoms with Gasteiger partial charge in [0, 0.05) is 11.1 Å². The van der Waals surface area contributed by atoms with Crippen LogP contribution in [0.3, 0.4) is 0 Å². The van der Waals surface area contributed by atoms with Gasteiger partial charge in [0.1, 0.15) is 5.76 Å². The predicted molar refractivity (Wildman–Crippen MR) is 140 cm³/mol. The van der Waals surface area contributed by atoms with Crippen molar-refractivity contribution >= 4 is 26.0 Å². The quantitative estimate of drug-likeness (QED) is 0.143. The minimum absolute atomic E-state index is 0.158. The minimum atomic E-state index is -2.39. The van der Waals surface area contributed by atoms with E-state index in [4.69, 9.17) is 13.9 Å². The number of hydrogen-bond acceptors (Lipinski definition) is 5. The van der Waals surface area contributed by atoms with Gasteiger partial charge in [0.25, 0.3) is 14.6 Å². The van der Waals surface area contributed by atoms with Gasteiger partial charge in [-0.15, -0.1) is 0 Å². The highest BCUT2D eigenvalue weighted by Crippen LogP contribution is 2.38. The van der Waals surface area contributed by atoms with Crippen molar-refractivity contribution in [2.24, 2.45) is 0 Å². The Kier molecular flexibility index (Phi) is 7.97. The molecule has 5 nitrogen and oxygen atoms in total. The molecule has 0 heterocycles. The maximum atomic E-state index is 13.3. The average molecular weight is 489 g/mol. The molecular formula is C29H32O5Si. The van der Waals surface area contributed by atoms with Crippen molar-refractivity contribution in [3.63, 3.8) is 0 Å². The number of hydrogen-bond donors (Lipinski definition) is 0. The molecule has 0 radical (unpaired) electrons. The van der Waals surface area contributed by atoms with Crippen LogP contribution in [0.15, 0.2) is 91.5 Å². The van der Waals surface area contributed by atoms with Gasteiger partial charge >= 0.3 is 11.9 Å². The lowest BCUT2D eigenvalue weighted by Crippen LogP contribution is -2.42. The molecule has 6 heteroatoms. The van der Waals surface area contributed by atoms with Crippen molar-refractivity contribution in [2.45, 2.75) is 45.2 Å². The maximum Gasteiger partial charge on any atom is 0.341 e. The van der Waals surface area contributed by atoms with Crippen molar-refractivity contribution in [1.82, 2.24) is 0 Å². The summed E-state index contributed by atoms with van der Waals surface area (Å²) in [6, 6.07) is 24.8. The third kappa shape index (κ3) is 6.48. The first-order chi connectivity index (χ1) is 16.5. The highest BCUT2D eigenvalue weighted by atomic mass is 28.4. The Labute approximate surface area is 208 Å². The van der Waals surface area contributed by atoms with Crippen LogP contribution < -0.4 is 0 Å². The molecular weight excluding hydrogens is 456 g/mol. The van der Waals surface area contributed by atoms with E-state index in [0.717, 1.165) is 5.56 Å². The first-order valence-electron chi connectivity index (χ1n) is 11.5. The molecule has 3 aromatic rings. The fourth-order valence-corrected chi connectivity index (χ4v) is 3.92. The van der Waals surface area contributed by atoms with Gasteiger partial charge in [-0.1, -0.05) is 94.1 Å². The summed E-state index contributed by atoms with van der Waals surface area (Å²) in [5.41, 5.74) is 1.77. The van der Waals surface area contributed by atoms with Gasteiger partial charge in [0.05, 0.1) is 11.1 Å².